The van der Waals surface area contributed by atoms with Gasteiger partial charge in [0.25, 0.3) is 5.91 Å². The summed E-state index contributed by atoms with van der Waals surface area (Å²) in [5.74, 6) is -1.06. The van der Waals surface area contributed by atoms with Gasteiger partial charge in [-0.1, -0.05) is 12.1 Å². The molecule has 1 heterocycles. The summed E-state index contributed by atoms with van der Waals surface area (Å²) < 4.78 is 13.7. The zero-order chi connectivity index (χ0) is 15.4. The van der Waals surface area contributed by atoms with Crippen LogP contribution in [0.15, 0.2) is 42.6 Å². The fourth-order valence-corrected chi connectivity index (χ4v) is 2.26. The number of benzene rings is 1. The van der Waals surface area contributed by atoms with Gasteiger partial charge >= 0.3 is 0 Å². The summed E-state index contributed by atoms with van der Waals surface area (Å²) >= 11 is 0. The van der Waals surface area contributed by atoms with Crippen molar-refractivity contribution in [2.75, 3.05) is 6.54 Å². The van der Waals surface area contributed by atoms with Crippen molar-refractivity contribution in [2.24, 2.45) is 0 Å². The van der Waals surface area contributed by atoms with Crippen LogP contribution in [0.25, 0.3) is 0 Å². The van der Waals surface area contributed by atoms with Crippen LogP contribution in [0.5, 0.6) is 5.75 Å². The normalized spacial score (nSPS) is 12.0. The Hall–Kier alpha value is -2.43. The molecule has 0 radical (unpaired) electrons. The van der Waals surface area contributed by atoms with Gasteiger partial charge in [-0.05, 0) is 43.7 Å². The van der Waals surface area contributed by atoms with Crippen LogP contribution in [0.3, 0.4) is 0 Å². The van der Waals surface area contributed by atoms with Crippen LogP contribution in [0.4, 0.5) is 4.39 Å². The molecule has 0 saturated carbocycles. The Morgan fingerprint density at radius 1 is 1.38 bits per heavy atom. The third-order valence-corrected chi connectivity index (χ3v) is 3.41. The van der Waals surface area contributed by atoms with Gasteiger partial charge in [0.2, 0.25) is 5.95 Å². The third kappa shape index (κ3) is 3.18. The molecule has 0 aliphatic carbocycles. The van der Waals surface area contributed by atoms with Crippen molar-refractivity contribution in [3.05, 3.63) is 59.7 Å². The van der Waals surface area contributed by atoms with E-state index in [1.54, 1.807) is 18.2 Å². The Bertz CT molecular complexity index is 646. The molecular weight excluding hydrogens is 271 g/mol. The van der Waals surface area contributed by atoms with E-state index in [-0.39, 0.29) is 17.4 Å². The lowest BCUT2D eigenvalue weighted by atomic mass is 10.1. The molecule has 1 aromatic heterocycles. The van der Waals surface area contributed by atoms with Crippen molar-refractivity contribution in [2.45, 2.75) is 19.9 Å². The van der Waals surface area contributed by atoms with Crippen molar-refractivity contribution >= 4 is 5.91 Å². The maximum atomic E-state index is 13.7. The number of halogens is 1. The van der Waals surface area contributed by atoms with Gasteiger partial charge in [0.15, 0.2) is 0 Å². The molecule has 2 aromatic rings. The number of nitrogens with zero attached hydrogens (tertiary/aromatic N) is 2. The predicted molar refractivity (Wildman–Crippen MR) is 77.4 cm³/mol. The van der Waals surface area contributed by atoms with Crippen LogP contribution >= 0.6 is 0 Å². The first-order chi connectivity index (χ1) is 10.0. The van der Waals surface area contributed by atoms with Crippen molar-refractivity contribution in [1.82, 2.24) is 9.88 Å². The maximum absolute atomic E-state index is 13.7. The molecule has 0 bridgehead atoms. The average Bonchev–Trinajstić information content (AvgIpc) is 2.48. The first kappa shape index (κ1) is 15.0. The number of pyridine rings is 1. The average molecular weight is 288 g/mol. The van der Waals surface area contributed by atoms with E-state index in [2.05, 4.69) is 4.98 Å². The largest absolute Gasteiger partial charge is 0.508 e. The van der Waals surface area contributed by atoms with Crippen LogP contribution in [0.1, 0.15) is 35.8 Å². The SMILES string of the molecule is CCN(C(=O)c1cccnc1F)C(C)c1cccc(O)c1. The van der Waals surface area contributed by atoms with Crippen molar-refractivity contribution in [3.8, 4) is 5.75 Å². The lowest BCUT2D eigenvalue weighted by Gasteiger charge is -2.28. The zero-order valence-corrected chi connectivity index (χ0v) is 12.0. The van der Waals surface area contributed by atoms with E-state index >= 15 is 0 Å². The number of hydrogen-bond acceptors (Lipinski definition) is 3. The summed E-state index contributed by atoms with van der Waals surface area (Å²) in [5.41, 5.74) is 0.737. The number of aromatic nitrogens is 1. The fourth-order valence-electron chi connectivity index (χ4n) is 2.26. The number of carbonyl (C=O) groups excluding carboxylic acids is 1. The molecule has 1 unspecified atom stereocenters. The van der Waals surface area contributed by atoms with Crippen LogP contribution in [-0.2, 0) is 0 Å². The molecule has 0 saturated heterocycles. The number of phenols is 1. The number of carbonyl (C=O) groups is 1. The van der Waals surface area contributed by atoms with Crippen molar-refractivity contribution in [1.29, 1.82) is 0 Å². The summed E-state index contributed by atoms with van der Waals surface area (Å²) in [7, 11) is 0. The second kappa shape index (κ2) is 6.35. The zero-order valence-electron chi connectivity index (χ0n) is 12.0. The Labute approximate surface area is 122 Å². The van der Waals surface area contributed by atoms with E-state index in [1.165, 1.54) is 23.2 Å². The fraction of sp³-hybridized carbons (Fsp3) is 0.250. The van der Waals surface area contributed by atoms with E-state index in [0.717, 1.165) is 5.56 Å². The van der Waals surface area contributed by atoms with Gasteiger partial charge in [-0.15, -0.1) is 0 Å². The molecule has 0 spiro atoms. The second-order valence-corrected chi connectivity index (χ2v) is 4.70. The first-order valence-corrected chi connectivity index (χ1v) is 6.75. The monoisotopic (exact) mass is 288 g/mol. The van der Waals surface area contributed by atoms with E-state index in [1.807, 2.05) is 19.9 Å². The molecule has 1 atom stereocenters. The number of amides is 1. The van der Waals surface area contributed by atoms with E-state index in [0.29, 0.717) is 6.54 Å². The van der Waals surface area contributed by atoms with Gasteiger partial charge in [0.1, 0.15) is 5.75 Å². The Morgan fingerprint density at radius 2 is 2.14 bits per heavy atom. The van der Waals surface area contributed by atoms with Gasteiger partial charge in [0.05, 0.1) is 11.6 Å². The minimum absolute atomic E-state index is 0.0497. The highest BCUT2D eigenvalue weighted by Gasteiger charge is 2.24. The highest BCUT2D eigenvalue weighted by atomic mass is 19.1. The minimum Gasteiger partial charge on any atom is -0.508 e. The van der Waals surface area contributed by atoms with Gasteiger partial charge in [-0.2, -0.15) is 4.39 Å². The molecule has 0 aliphatic rings. The summed E-state index contributed by atoms with van der Waals surface area (Å²) in [6.45, 7) is 4.08. The van der Waals surface area contributed by atoms with Crippen LogP contribution in [0, 0.1) is 5.95 Å². The minimum atomic E-state index is -0.774. The quantitative estimate of drug-likeness (QED) is 0.879. The third-order valence-electron chi connectivity index (χ3n) is 3.41. The van der Waals surface area contributed by atoms with Crippen molar-refractivity contribution < 1.29 is 14.3 Å². The number of aromatic hydroxyl groups is 1. The predicted octanol–water partition coefficient (Wildman–Crippen LogP) is 3.15. The van der Waals surface area contributed by atoms with Gasteiger partial charge in [0, 0.05) is 12.7 Å². The van der Waals surface area contributed by atoms with Gasteiger partial charge in [-0.25, -0.2) is 4.98 Å². The Morgan fingerprint density at radius 3 is 2.76 bits per heavy atom. The summed E-state index contributed by atoms with van der Waals surface area (Å²) in [5, 5.41) is 9.54. The van der Waals surface area contributed by atoms with Crippen molar-refractivity contribution in [3.63, 3.8) is 0 Å². The summed E-state index contributed by atoms with van der Waals surface area (Å²) in [6, 6.07) is 9.36. The molecule has 1 aromatic carbocycles. The van der Waals surface area contributed by atoms with Crippen LogP contribution in [0.2, 0.25) is 0 Å². The molecule has 5 heteroatoms. The molecule has 4 nitrogen and oxygen atoms in total. The summed E-state index contributed by atoms with van der Waals surface area (Å²) in [4.78, 5) is 17.5. The summed E-state index contributed by atoms with van der Waals surface area (Å²) in [6.07, 6.45) is 1.31. The topological polar surface area (TPSA) is 53.4 Å². The lowest BCUT2D eigenvalue weighted by molar-refractivity contribution is 0.0696. The maximum Gasteiger partial charge on any atom is 0.258 e. The van der Waals surface area contributed by atoms with E-state index in [4.69, 9.17) is 0 Å². The van der Waals surface area contributed by atoms with E-state index in [9.17, 15) is 14.3 Å². The highest BCUT2D eigenvalue weighted by molar-refractivity contribution is 5.94. The number of hydrogen-bond donors (Lipinski definition) is 1. The number of phenolic OH excluding ortho intramolecular Hbond substituents is 1. The van der Waals surface area contributed by atoms with Gasteiger partial charge in [-0.3, -0.25) is 4.79 Å². The standard InChI is InChI=1S/C16H17FN2O2/c1-3-19(11(2)12-6-4-7-13(20)10-12)16(21)14-8-5-9-18-15(14)17/h4-11,20H,3H2,1-2H3. The lowest BCUT2D eigenvalue weighted by Crippen LogP contribution is -2.34. The van der Waals surface area contributed by atoms with E-state index < -0.39 is 11.9 Å². The van der Waals surface area contributed by atoms with Crippen LogP contribution in [-0.4, -0.2) is 27.4 Å². The van der Waals surface area contributed by atoms with Gasteiger partial charge < -0.3 is 10.0 Å². The molecule has 1 N–H and O–H groups in total. The highest BCUT2D eigenvalue weighted by Crippen LogP contribution is 2.25. The molecule has 0 aliphatic heterocycles. The Balaban J connectivity index is 2.31. The molecule has 0 fully saturated rings. The molecule has 1 amide bonds. The van der Waals surface area contributed by atoms with Crippen LogP contribution < -0.4 is 0 Å². The molecule has 21 heavy (non-hydrogen) atoms. The Kier molecular flexibility index (Phi) is 4.52. The smallest absolute Gasteiger partial charge is 0.258 e. The molecule has 2 rings (SSSR count). The molecule has 110 valence electrons. The number of rotatable bonds is 4. The molecular formula is C16H17FN2O2. The first-order valence-electron chi connectivity index (χ1n) is 6.75. The second-order valence-electron chi connectivity index (χ2n) is 4.70.